The normalized spacial score (nSPS) is 10.9. The number of hydrogen-bond donors (Lipinski definition) is 0. The monoisotopic (exact) mass is 438 g/mol. The van der Waals surface area contributed by atoms with Gasteiger partial charge < -0.3 is 0 Å². The van der Waals surface area contributed by atoms with Crippen molar-refractivity contribution in [1.82, 2.24) is 0 Å². The lowest BCUT2D eigenvalue weighted by Gasteiger charge is -2.15. The summed E-state index contributed by atoms with van der Waals surface area (Å²) in [4.78, 5) is 0. The van der Waals surface area contributed by atoms with E-state index in [0.717, 1.165) is 0 Å². The molecule has 0 aliphatic heterocycles. The molecule has 5 aromatic rings. The van der Waals surface area contributed by atoms with E-state index in [-0.39, 0.29) is 0 Å². The van der Waals surface area contributed by atoms with Crippen LogP contribution in [0.4, 0.5) is 0 Å². The van der Waals surface area contributed by atoms with Gasteiger partial charge in [-0.25, -0.2) is 0 Å². The first kappa shape index (κ1) is 21.9. The maximum absolute atomic E-state index is 2.36. The van der Waals surface area contributed by atoms with E-state index in [0.29, 0.717) is 0 Å². The van der Waals surface area contributed by atoms with Crippen LogP contribution in [-0.4, -0.2) is 0 Å². The Bertz CT molecular complexity index is 1470. The number of rotatable bonds is 4. The molecule has 166 valence electrons. The molecule has 0 fully saturated rings. The SMILES string of the molecule is Cc1ccccc1-c1cc(-c2ccc(C)c(-c3cc(-c4ccccc4)ccc3C)c2)ccc1C. The van der Waals surface area contributed by atoms with Crippen LogP contribution < -0.4 is 0 Å². The lowest BCUT2D eigenvalue weighted by molar-refractivity contribution is 1.39. The average molecular weight is 439 g/mol. The standard InChI is InChI=1S/C34H30/c1-23-10-8-9-13-31(23)32-21-29(18-15-24(32)2)30-19-16-26(4)34(22-30)33-20-28(17-14-25(33)3)27-11-6-5-7-12-27/h5-22H,1-4H3. The van der Waals surface area contributed by atoms with Gasteiger partial charge in [0.25, 0.3) is 0 Å². The van der Waals surface area contributed by atoms with Crippen molar-refractivity contribution in [3.8, 4) is 44.5 Å². The van der Waals surface area contributed by atoms with Gasteiger partial charge in [-0.15, -0.1) is 0 Å². The lowest BCUT2D eigenvalue weighted by atomic mass is 9.89. The predicted octanol–water partition coefficient (Wildman–Crippen LogP) is 9.59. The molecule has 0 saturated carbocycles. The number of hydrogen-bond acceptors (Lipinski definition) is 0. The van der Waals surface area contributed by atoms with Crippen LogP contribution >= 0.6 is 0 Å². The molecule has 5 rings (SSSR count). The third-order valence-corrected chi connectivity index (χ3v) is 6.88. The minimum absolute atomic E-state index is 1.25. The van der Waals surface area contributed by atoms with Crippen LogP contribution in [0, 0.1) is 27.7 Å². The molecule has 0 amide bonds. The second-order valence-corrected chi connectivity index (χ2v) is 9.27. The van der Waals surface area contributed by atoms with Gasteiger partial charge >= 0.3 is 0 Å². The second kappa shape index (κ2) is 9.15. The van der Waals surface area contributed by atoms with Crippen LogP contribution in [0.15, 0.2) is 109 Å². The van der Waals surface area contributed by atoms with Gasteiger partial charge in [0.2, 0.25) is 0 Å². The molecule has 0 bridgehead atoms. The smallest absolute Gasteiger partial charge is 0.0146 e. The molecule has 0 spiro atoms. The molecule has 0 atom stereocenters. The van der Waals surface area contributed by atoms with Crippen molar-refractivity contribution >= 4 is 0 Å². The van der Waals surface area contributed by atoms with Gasteiger partial charge in [-0.2, -0.15) is 0 Å². The van der Waals surface area contributed by atoms with E-state index in [1.54, 1.807) is 0 Å². The van der Waals surface area contributed by atoms with Crippen LogP contribution in [0.1, 0.15) is 22.3 Å². The van der Waals surface area contributed by atoms with Crippen molar-refractivity contribution < 1.29 is 0 Å². The van der Waals surface area contributed by atoms with Gasteiger partial charge in [0.15, 0.2) is 0 Å². The zero-order chi connectivity index (χ0) is 23.7. The average Bonchev–Trinajstić information content (AvgIpc) is 2.86. The van der Waals surface area contributed by atoms with Crippen LogP contribution in [0.25, 0.3) is 44.5 Å². The maximum Gasteiger partial charge on any atom is -0.0146 e. The summed E-state index contributed by atoms with van der Waals surface area (Å²) in [6, 6.07) is 39.8. The maximum atomic E-state index is 2.36. The topological polar surface area (TPSA) is 0 Å². The van der Waals surface area contributed by atoms with Crippen molar-refractivity contribution in [2.24, 2.45) is 0 Å². The molecule has 5 aromatic carbocycles. The number of aryl methyl sites for hydroxylation is 4. The Labute approximate surface area is 203 Å². The Balaban J connectivity index is 1.62. The van der Waals surface area contributed by atoms with Crippen LogP contribution in [0.3, 0.4) is 0 Å². The second-order valence-electron chi connectivity index (χ2n) is 9.27. The highest BCUT2D eigenvalue weighted by Gasteiger charge is 2.12. The molecule has 0 nitrogen and oxygen atoms in total. The van der Waals surface area contributed by atoms with Crippen molar-refractivity contribution in [3.63, 3.8) is 0 Å². The van der Waals surface area contributed by atoms with E-state index >= 15 is 0 Å². The summed E-state index contributed by atoms with van der Waals surface area (Å²) < 4.78 is 0. The zero-order valence-corrected chi connectivity index (χ0v) is 20.4. The highest BCUT2D eigenvalue weighted by atomic mass is 14.2. The van der Waals surface area contributed by atoms with Gasteiger partial charge in [-0.3, -0.25) is 0 Å². The highest BCUT2D eigenvalue weighted by molar-refractivity contribution is 5.83. The van der Waals surface area contributed by atoms with Gasteiger partial charge in [0.05, 0.1) is 0 Å². The third kappa shape index (κ3) is 4.20. The molecule has 0 N–H and O–H groups in total. The Morgan fingerprint density at radius 2 is 0.676 bits per heavy atom. The van der Waals surface area contributed by atoms with E-state index in [4.69, 9.17) is 0 Å². The lowest BCUT2D eigenvalue weighted by Crippen LogP contribution is -1.92. The number of benzene rings is 5. The molecule has 0 saturated heterocycles. The minimum Gasteiger partial charge on any atom is -0.0622 e. The van der Waals surface area contributed by atoms with Gasteiger partial charge in [-0.1, -0.05) is 91.0 Å². The Hall–Kier alpha value is -3.90. The van der Waals surface area contributed by atoms with Gasteiger partial charge in [-0.05, 0) is 113 Å². The van der Waals surface area contributed by atoms with Crippen molar-refractivity contribution in [3.05, 3.63) is 131 Å². The summed E-state index contributed by atoms with van der Waals surface area (Å²) in [5.74, 6) is 0. The largest absolute Gasteiger partial charge is 0.0622 e. The van der Waals surface area contributed by atoms with Crippen LogP contribution in [0.2, 0.25) is 0 Å². The summed E-state index contributed by atoms with van der Waals surface area (Å²) >= 11 is 0. The fourth-order valence-corrected chi connectivity index (χ4v) is 4.78. The molecule has 0 aliphatic carbocycles. The summed E-state index contributed by atoms with van der Waals surface area (Å²) in [5, 5.41) is 0. The quantitative estimate of drug-likeness (QED) is 0.262. The molecule has 0 radical (unpaired) electrons. The fourth-order valence-electron chi connectivity index (χ4n) is 4.78. The summed E-state index contributed by atoms with van der Waals surface area (Å²) in [6.07, 6.45) is 0. The van der Waals surface area contributed by atoms with Crippen molar-refractivity contribution in [2.45, 2.75) is 27.7 Å². The first-order valence-corrected chi connectivity index (χ1v) is 12.0. The summed E-state index contributed by atoms with van der Waals surface area (Å²) in [5.41, 5.74) is 15.4. The summed E-state index contributed by atoms with van der Waals surface area (Å²) in [7, 11) is 0. The van der Waals surface area contributed by atoms with Crippen LogP contribution in [0.5, 0.6) is 0 Å². The van der Waals surface area contributed by atoms with Gasteiger partial charge in [0.1, 0.15) is 0 Å². The molecule has 0 unspecified atom stereocenters. The molecule has 0 heterocycles. The van der Waals surface area contributed by atoms with E-state index < -0.39 is 0 Å². The summed E-state index contributed by atoms with van der Waals surface area (Å²) in [6.45, 7) is 8.80. The first-order chi connectivity index (χ1) is 16.5. The first-order valence-electron chi connectivity index (χ1n) is 12.0. The third-order valence-electron chi connectivity index (χ3n) is 6.88. The minimum atomic E-state index is 1.25. The zero-order valence-electron chi connectivity index (χ0n) is 20.4. The van der Waals surface area contributed by atoms with E-state index in [1.165, 1.54) is 66.8 Å². The van der Waals surface area contributed by atoms with Gasteiger partial charge in [0, 0.05) is 0 Å². The Morgan fingerprint density at radius 1 is 0.294 bits per heavy atom. The molecular weight excluding hydrogens is 408 g/mol. The van der Waals surface area contributed by atoms with Crippen LogP contribution in [-0.2, 0) is 0 Å². The Morgan fingerprint density at radius 3 is 1.18 bits per heavy atom. The molecule has 0 heteroatoms. The molecule has 0 aromatic heterocycles. The van der Waals surface area contributed by atoms with E-state index in [2.05, 4.69) is 137 Å². The van der Waals surface area contributed by atoms with Crippen molar-refractivity contribution in [2.75, 3.05) is 0 Å². The van der Waals surface area contributed by atoms with E-state index in [1.807, 2.05) is 0 Å². The fraction of sp³-hybridized carbons (Fsp3) is 0.118. The Kier molecular flexibility index (Phi) is 5.90. The predicted molar refractivity (Wildman–Crippen MR) is 147 cm³/mol. The molecule has 34 heavy (non-hydrogen) atoms. The van der Waals surface area contributed by atoms with E-state index in [9.17, 15) is 0 Å². The van der Waals surface area contributed by atoms with Crippen molar-refractivity contribution in [1.29, 1.82) is 0 Å². The molecular formula is C34H30. The molecule has 0 aliphatic rings. The highest BCUT2D eigenvalue weighted by Crippen LogP contribution is 2.36.